The molecular weight excluding hydrogens is 378 g/mol. The van der Waals surface area contributed by atoms with Crippen molar-refractivity contribution in [2.75, 3.05) is 20.8 Å². The maximum absolute atomic E-state index is 11.8. The van der Waals surface area contributed by atoms with Crippen LogP contribution in [0.2, 0.25) is 0 Å². The van der Waals surface area contributed by atoms with Gasteiger partial charge >= 0.3 is 0 Å². The van der Waals surface area contributed by atoms with Crippen LogP contribution < -0.4 is 14.8 Å². The summed E-state index contributed by atoms with van der Waals surface area (Å²) in [4.78, 5) is 12.8. The van der Waals surface area contributed by atoms with Gasteiger partial charge in [0.15, 0.2) is 11.5 Å². The third kappa shape index (κ3) is 5.11. The number of hydrogen-bond donors (Lipinski definition) is 1. The minimum Gasteiger partial charge on any atom is -0.493 e. The highest BCUT2D eigenvalue weighted by Gasteiger charge is 2.09. The van der Waals surface area contributed by atoms with Gasteiger partial charge < -0.3 is 14.8 Å². The lowest BCUT2D eigenvalue weighted by Crippen LogP contribution is -2.23. The van der Waals surface area contributed by atoms with E-state index in [4.69, 9.17) is 9.47 Å². The predicted octanol–water partition coefficient (Wildman–Crippen LogP) is 3.90. The SMILES string of the molecule is COc1cc(Br)c(CCNC(=O)/C=C/c2cccs2)cc1OC. The van der Waals surface area contributed by atoms with Crippen molar-refractivity contribution in [1.29, 1.82) is 0 Å². The first kappa shape index (κ1) is 17.6. The maximum Gasteiger partial charge on any atom is 0.244 e. The molecule has 0 fully saturated rings. The summed E-state index contributed by atoms with van der Waals surface area (Å²) in [7, 11) is 3.21. The van der Waals surface area contributed by atoms with Gasteiger partial charge in [-0.15, -0.1) is 11.3 Å². The number of methoxy groups -OCH3 is 2. The van der Waals surface area contributed by atoms with Gasteiger partial charge in [0, 0.05) is 22.0 Å². The summed E-state index contributed by atoms with van der Waals surface area (Å²) in [5.41, 5.74) is 1.05. The smallest absolute Gasteiger partial charge is 0.244 e. The predicted molar refractivity (Wildman–Crippen MR) is 97.3 cm³/mol. The first-order chi connectivity index (χ1) is 11.1. The lowest BCUT2D eigenvalue weighted by molar-refractivity contribution is -0.116. The quantitative estimate of drug-likeness (QED) is 0.723. The molecule has 122 valence electrons. The van der Waals surface area contributed by atoms with Crippen LogP contribution in [-0.4, -0.2) is 26.7 Å². The number of carbonyl (C=O) groups excluding carboxylic acids is 1. The summed E-state index contributed by atoms with van der Waals surface area (Å²) < 4.78 is 11.5. The molecule has 0 aliphatic rings. The molecule has 0 radical (unpaired) electrons. The number of amides is 1. The Morgan fingerprint density at radius 2 is 2.04 bits per heavy atom. The molecule has 0 saturated carbocycles. The number of ether oxygens (including phenoxy) is 2. The highest BCUT2D eigenvalue weighted by atomic mass is 79.9. The van der Waals surface area contributed by atoms with Crippen LogP contribution >= 0.6 is 27.3 Å². The third-order valence-corrected chi connectivity index (χ3v) is 4.76. The van der Waals surface area contributed by atoms with Crippen LogP contribution in [-0.2, 0) is 11.2 Å². The van der Waals surface area contributed by atoms with Gasteiger partial charge in [0.1, 0.15) is 0 Å². The van der Waals surface area contributed by atoms with E-state index in [0.717, 1.165) is 14.9 Å². The summed E-state index contributed by atoms with van der Waals surface area (Å²) in [6.45, 7) is 0.543. The van der Waals surface area contributed by atoms with Crippen molar-refractivity contribution < 1.29 is 14.3 Å². The van der Waals surface area contributed by atoms with Crippen LogP contribution in [0, 0.1) is 0 Å². The van der Waals surface area contributed by atoms with Gasteiger partial charge in [-0.1, -0.05) is 22.0 Å². The number of rotatable bonds is 7. The number of carbonyl (C=O) groups is 1. The fourth-order valence-corrected chi connectivity index (χ4v) is 3.15. The molecule has 0 aliphatic carbocycles. The van der Waals surface area contributed by atoms with E-state index in [0.29, 0.717) is 24.5 Å². The zero-order chi connectivity index (χ0) is 16.7. The van der Waals surface area contributed by atoms with Crippen LogP contribution in [0.1, 0.15) is 10.4 Å². The molecule has 0 bridgehead atoms. The molecule has 1 N–H and O–H groups in total. The van der Waals surface area contributed by atoms with Crippen molar-refractivity contribution in [3.8, 4) is 11.5 Å². The van der Waals surface area contributed by atoms with Gasteiger partial charge in [0.05, 0.1) is 14.2 Å². The van der Waals surface area contributed by atoms with Crippen LogP contribution in [0.15, 0.2) is 40.2 Å². The lowest BCUT2D eigenvalue weighted by atomic mass is 10.1. The summed E-state index contributed by atoms with van der Waals surface area (Å²) in [5, 5.41) is 4.85. The highest BCUT2D eigenvalue weighted by Crippen LogP contribution is 2.33. The Kier molecular flexibility index (Phi) is 6.67. The first-order valence-corrected chi connectivity index (χ1v) is 8.71. The molecule has 0 atom stereocenters. The number of benzene rings is 1. The normalized spacial score (nSPS) is 10.7. The lowest BCUT2D eigenvalue weighted by Gasteiger charge is -2.12. The molecule has 4 nitrogen and oxygen atoms in total. The van der Waals surface area contributed by atoms with E-state index >= 15 is 0 Å². The second-order valence-electron chi connectivity index (χ2n) is 4.69. The Balaban J connectivity index is 1.89. The Morgan fingerprint density at radius 3 is 2.70 bits per heavy atom. The molecule has 1 aromatic carbocycles. The molecule has 1 amide bonds. The van der Waals surface area contributed by atoms with Crippen LogP contribution in [0.3, 0.4) is 0 Å². The Hall–Kier alpha value is -1.79. The van der Waals surface area contributed by atoms with Gasteiger partial charge in [0.2, 0.25) is 5.91 Å². The highest BCUT2D eigenvalue weighted by molar-refractivity contribution is 9.10. The van der Waals surface area contributed by atoms with E-state index in [9.17, 15) is 4.79 Å². The van der Waals surface area contributed by atoms with Gasteiger partial charge in [-0.05, 0) is 41.6 Å². The van der Waals surface area contributed by atoms with E-state index in [1.54, 1.807) is 31.6 Å². The number of hydrogen-bond acceptors (Lipinski definition) is 4. The molecule has 2 aromatic rings. The molecule has 1 heterocycles. The minimum atomic E-state index is -0.102. The summed E-state index contributed by atoms with van der Waals surface area (Å²) in [6.07, 6.45) is 4.06. The summed E-state index contributed by atoms with van der Waals surface area (Å²) in [6, 6.07) is 7.70. The van der Waals surface area contributed by atoms with E-state index < -0.39 is 0 Å². The molecule has 0 saturated heterocycles. The van der Waals surface area contributed by atoms with Gasteiger partial charge in [0.25, 0.3) is 0 Å². The van der Waals surface area contributed by atoms with Crippen molar-refractivity contribution in [2.24, 2.45) is 0 Å². The van der Waals surface area contributed by atoms with Crippen molar-refractivity contribution >= 4 is 39.2 Å². The average Bonchev–Trinajstić information content (AvgIpc) is 3.07. The number of halogens is 1. The molecule has 0 aliphatic heterocycles. The Morgan fingerprint density at radius 1 is 1.30 bits per heavy atom. The molecule has 2 rings (SSSR count). The topological polar surface area (TPSA) is 47.6 Å². The number of thiophene rings is 1. The third-order valence-electron chi connectivity index (χ3n) is 3.19. The largest absolute Gasteiger partial charge is 0.493 e. The summed E-state index contributed by atoms with van der Waals surface area (Å²) in [5.74, 6) is 1.25. The standard InChI is InChI=1S/C17H18BrNO3S/c1-21-15-10-12(14(18)11-16(15)22-2)7-8-19-17(20)6-5-13-4-3-9-23-13/h3-6,9-11H,7-8H2,1-2H3,(H,19,20)/b6-5+. The fourth-order valence-electron chi connectivity index (χ4n) is 2.01. The van der Waals surface area contributed by atoms with E-state index in [-0.39, 0.29) is 5.91 Å². The monoisotopic (exact) mass is 395 g/mol. The Labute approximate surface area is 148 Å². The van der Waals surface area contributed by atoms with E-state index in [2.05, 4.69) is 21.2 Å². The summed E-state index contributed by atoms with van der Waals surface area (Å²) >= 11 is 5.11. The average molecular weight is 396 g/mol. The minimum absolute atomic E-state index is 0.102. The zero-order valence-electron chi connectivity index (χ0n) is 13.0. The van der Waals surface area contributed by atoms with Gasteiger partial charge in [-0.25, -0.2) is 0 Å². The van der Waals surface area contributed by atoms with E-state index in [1.807, 2.05) is 35.7 Å². The second-order valence-corrected chi connectivity index (χ2v) is 6.52. The van der Waals surface area contributed by atoms with Gasteiger partial charge in [-0.3, -0.25) is 4.79 Å². The van der Waals surface area contributed by atoms with Crippen molar-refractivity contribution in [3.05, 3.63) is 50.6 Å². The zero-order valence-corrected chi connectivity index (χ0v) is 15.4. The van der Waals surface area contributed by atoms with Crippen molar-refractivity contribution in [2.45, 2.75) is 6.42 Å². The molecule has 0 spiro atoms. The second kappa shape index (κ2) is 8.74. The maximum atomic E-state index is 11.8. The van der Waals surface area contributed by atoms with Crippen molar-refractivity contribution in [1.82, 2.24) is 5.32 Å². The van der Waals surface area contributed by atoms with Crippen LogP contribution in [0.25, 0.3) is 6.08 Å². The van der Waals surface area contributed by atoms with E-state index in [1.165, 1.54) is 0 Å². The molecule has 1 aromatic heterocycles. The number of nitrogens with one attached hydrogen (secondary N) is 1. The van der Waals surface area contributed by atoms with Gasteiger partial charge in [-0.2, -0.15) is 0 Å². The Bertz CT molecular complexity index is 683. The van der Waals surface area contributed by atoms with Crippen molar-refractivity contribution in [3.63, 3.8) is 0 Å². The molecule has 6 heteroatoms. The van der Waals surface area contributed by atoms with Crippen LogP contribution in [0.4, 0.5) is 0 Å². The molecular formula is C17H18BrNO3S. The first-order valence-electron chi connectivity index (χ1n) is 7.04. The molecule has 23 heavy (non-hydrogen) atoms. The van der Waals surface area contributed by atoms with Crippen LogP contribution in [0.5, 0.6) is 11.5 Å². The fraction of sp³-hybridized carbons (Fsp3) is 0.235. The molecule has 0 unspecified atom stereocenters.